The molecule has 0 bridgehead atoms. The van der Waals surface area contributed by atoms with Crippen LogP contribution in [0.2, 0.25) is 0 Å². The minimum absolute atomic E-state index is 0.0336. The van der Waals surface area contributed by atoms with E-state index in [1.165, 1.54) is 5.57 Å². The largest absolute Gasteiger partial charge is 0.385 e. The van der Waals surface area contributed by atoms with E-state index < -0.39 is 12.2 Å². The Balaban J connectivity index is 1.71. The van der Waals surface area contributed by atoms with Gasteiger partial charge in [0.15, 0.2) is 11.6 Å². The quantitative estimate of drug-likeness (QED) is 0.717. The molecule has 0 aromatic rings. The highest BCUT2D eigenvalue weighted by Crippen LogP contribution is 2.64. The van der Waals surface area contributed by atoms with Crippen LogP contribution in [0.15, 0.2) is 11.6 Å². The van der Waals surface area contributed by atoms with Gasteiger partial charge in [-0.05, 0) is 67.8 Å². The second-order valence-corrected chi connectivity index (χ2v) is 8.70. The van der Waals surface area contributed by atoms with Gasteiger partial charge in [0.1, 0.15) is 12.2 Å². The van der Waals surface area contributed by atoms with E-state index in [2.05, 4.69) is 6.92 Å². The van der Waals surface area contributed by atoms with E-state index in [-0.39, 0.29) is 28.3 Å². The van der Waals surface area contributed by atoms with E-state index in [4.69, 9.17) is 0 Å². The first-order chi connectivity index (χ1) is 10.8. The van der Waals surface area contributed by atoms with E-state index in [1.807, 2.05) is 6.92 Å². The lowest BCUT2D eigenvalue weighted by Crippen LogP contribution is -2.52. The average Bonchev–Trinajstić information content (AvgIpc) is 2.73. The molecule has 0 aliphatic heterocycles. The number of hydrogen-bond donors (Lipinski definition) is 2. The fourth-order valence-corrected chi connectivity index (χ4v) is 6.41. The maximum atomic E-state index is 12.4. The van der Waals surface area contributed by atoms with Crippen LogP contribution in [-0.2, 0) is 9.59 Å². The summed E-state index contributed by atoms with van der Waals surface area (Å²) in [4.78, 5) is 24.3. The van der Waals surface area contributed by atoms with Gasteiger partial charge in [-0.2, -0.15) is 0 Å². The molecular formula is C19H26O4. The molecule has 23 heavy (non-hydrogen) atoms. The molecule has 4 heteroatoms. The number of fused-ring (bicyclic) bond motifs is 5. The number of aliphatic hydroxyl groups is 2. The third kappa shape index (κ3) is 1.91. The Kier molecular flexibility index (Phi) is 3.21. The minimum Gasteiger partial charge on any atom is -0.385 e. The van der Waals surface area contributed by atoms with Gasteiger partial charge in [-0.1, -0.05) is 19.4 Å². The van der Waals surface area contributed by atoms with Crippen molar-refractivity contribution in [1.82, 2.24) is 0 Å². The lowest BCUT2D eigenvalue weighted by Gasteiger charge is -2.57. The van der Waals surface area contributed by atoms with Gasteiger partial charge in [0.05, 0.1) is 0 Å². The van der Waals surface area contributed by atoms with Crippen LogP contribution < -0.4 is 0 Å². The van der Waals surface area contributed by atoms with Crippen molar-refractivity contribution in [3.05, 3.63) is 11.6 Å². The van der Waals surface area contributed by atoms with Crippen LogP contribution in [0.4, 0.5) is 0 Å². The number of allylic oxidation sites excluding steroid dienone is 1. The summed E-state index contributed by atoms with van der Waals surface area (Å²) in [5, 5.41) is 20.2. The summed E-state index contributed by atoms with van der Waals surface area (Å²) in [5.74, 6) is 0.949. The van der Waals surface area contributed by atoms with E-state index in [0.29, 0.717) is 24.7 Å². The molecule has 0 spiro atoms. The number of hydrogen-bond acceptors (Lipinski definition) is 4. The number of rotatable bonds is 0. The first kappa shape index (κ1) is 15.5. The number of carbonyl (C=O) groups is 2. The zero-order valence-corrected chi connectivity index (χ0v) is 13.9. The molecule has 2 unspecified atom stereocenters. The predicted molar refractivity (Wildman–Crippen MR) is 84.5 cm³/mol. The van der Waals surface area contributed by atoms with E-state index in [0.717, 1.165) is 25.7 Å². The Morgan fingerprint density at radius 3 is 2.52 bits per heavy atom. The monoisotopic (exact) mass is 318 g/mol. The normalized spacial score (nSPS) is 52.5. The zero-order chi connectivity index (χ0) is 16.6. The third-order valence-electron chi connectivity index (χ3n) is 7.73. The van der Waals surface area contributed by atoms with Gasteiger partial charge < -0.3 is 10.2 Å². The van der Waals surface area contributed by atoms with E-state index in [9.17, 15) is 19.8 Å². The van der Waals surface area contributed by atoms with Crippen molar-refractivity contribution in [2.24, 2.45) is 28.6 Å². The standard InChI is InChI=1S/C19H26O4/c1-18-6-5-12-11(13(18)8-15(21)17(18)23)4-3-10-7-14(20)16(22)9-19(10,12)2/h7,11-13,15-16,21-22H,3-6,8-9H2,1-2H3/t11-,12?,13?,15+,16+,18+,19+/m1/s1. The van der Waals surface area contributed by atoms with Crippen molar-refractivity contribution < 1.29 is 19.8 Å². The highest BCUT2D eigenvalue weighted by molar-refractivity contribution is 5.95. The van der Waals surface area contributed by atoms with Crippen LogP contribution in [0.5, 0.6) is 0 Å². The third-order valence-corrected chi connectivity index (χ3v) is 7.73. The van der Waals surface area contributed by atoms with E-state index in [1.54, 1.807) is 6.08 Å². The molecule has 4 nitrogen and oxygen atoms in total. The molecule has 3 saturated carbocycles. The van der Waals surface area contributed by atoms with Crippen LogP contribution in [0, 0.1) is 28.6 Å². The molecule has 4 aliphatic rings. The molecule has 0 aromatic carbocycles. The van der Waals surface area contributed by atoms with Crippen molar-refractivity contribution in [1.29, 1.82) is 0 Å². The fraction of sp³-hybridized carbons (Fsp3) is 0.789. The first-order valence-electron chi connectivity index (χ1n) is 8.93. The Labute approximate surface area is 137 Å². The molecule has 0 saturated heterocycles. The number of ketones is 2. The molecule has 0 heterocycles. The molecule has 0 radical (unpaired) electrons. The van der Waals surface area contributed by atoms with Crippen LogP contribution in [0.1, 0.15) is 52.4 Å². The van der Waals surface area contributed by atoms with Crippen molar-refractivity contribution in [2.75, 3.05) is 0 Å². The molecule has 0 aromatic heterocycles. The van der Waals surface area contributed by atoms with Gasteiger partial charge in [-0.15, -0.1) is 0 Å². The minimum atomic E-state index is -0.883. The molecule has 126 valence electrons. The van der Waals surface area contributed by atoms with Crippen molar-refractivity contribution >= 4 is 11.6 Å². The predicted octanol–water partition coefficient (Wildman–Crippen LogP) is 2.03. The SMILES string of the molecule is C[C@]12C[C@H](O)C(=O)C=C1CC[C@@H]1C2CC[C@]2(C)C(=O)[C@@H](O)CC12. The Morgan fingerprint density at radius 1 is 1.04 bits per heavy atom. The second kappa shape index (κ2) is 4.76. The Bertz CT molecular complexity index is 608. The van der Waals surface area contributed by atoms with Gasteiger partial charge in [0, 0.05) is 5.41 Å². The summed E-state index contributed by atoms with van der Waals surface area (Å²) >= 11 is 0. The van der Waals surface area contributed by atoms with Crippen molar-refractivity contribution in [3.63, 3.8) is 0 Å². The van der Waals surface area contributed by atoms with Gasteiger partial charge in [-0.25, -0.2) is 0 Å². The molecule has 3 fully saturated rings. The van der Waals surface area contributed by atoms with Gasteiger partial charge >= 0.3 is 0 Å². The molecule has 7 atom stereocenters. The summed E-state index contributed by atoms with van der Waals surface area (Å²) in [6.45, 7) is 4.24. The summed E-state index contributed by atoms with van der Waals surface area (Å²) in [6.07, 6.45) is 4.76. The number of carbonyl (C=O) groups excluding carboxylic acids is 2. The zero-order valence-electron chi connectivity index (χ0n) is 13.9. The molecule has 2 N–H and O–H groups in total. The summed E-state index contributed by atoms with van der Waals surface area (Å²) in [6, 6.07) is 0. The lowest BCUT2D eigenvalue weighted by atomic mass is 9.47. The number of aliphatic hydroxyl groups excluding tert-OH is 2. The second-order valence-electron chi connectivity index (χ2n) is 8.70. The maximum absolute atomic E-state index is 12.4. The summed E-state index contributed by atoms with van der Waals surface area (Å²) in [7, 11) is 0. The van der Waals surface area contributed by atoms with Crippen LogP contribution in [0.25, 0.3) is 0 Å². The van der Waals surface area contributed by atoms with E-state index >= 15 is 0 Å². The molecule has 4 aliphatic carbocycles. The summed E-state index contributed by atoms with van der Waals surface area (Å²) < 4.78 is 0. The first-order valence-corrected chi connectivity index (χ1v) is 8.93. The lowest BCUT2D eigenvalue weighted by molar-refractivity contribution is -0.138. The molecule has 0 amide bonds. The Hall–Kier alpha value is -1.00. The van der Waals surface area contributed by atoms with Crippen molar-refractivity contribution in [2.45, 2.75) is 64.6 Å². The highest BCUT2D eigenvalue weighted by atomic mass is 16.3. The highest BCUT2D eigenvalue weighted by Gasteiger charge is 2.61. The molecular weight excluding hydrogens is 292 g/mol. The summed E-state index contributed by atoms with van der Waals surface area (Å²) in [5.41, 5.74) is 0.692. The van der Waals surface area contributed by atoms with Gasteiger partial charge in [-0.3, -0.25) is 9.59 Å². The maximum Gasteiger partial charge on any atom is 0.184 e. The van der Waals surface area contributed by atoms with Crippen LogP contribution in [0.3, 0.4) is 0 Å². The van der Waals surface area contributed by atoms with Crippen LogP contribution in [-0.4, -0.2) is 34.0 Å². The van der Waals surface area contributed by atoms with Gasteiger partial charge in [0.25, 0.3) is 0 Å². The Morgan fingerprint density at radius 2 is 1.78 bits per heavy atom. The molecule has 4 rings (SSSR count). The average molecular weight is 318 g/mol. The van der Waals surface area contributed by atoms with Crippen molar-refractivity contribution in [3.8, 4) is 0 Å². The smallest absolute Gasteiger partial charge is 0.184 e. The topological polar surface area (TPSA) is 74.6 Å². The number of Topliss-reactive ketones (excluding diaryl/α,β-unsaturated/α-hetero) is 1. The van der Waals surface area contributed by atoms with Gasteiger partial charge in [0.2, 0.25) is 0 Å². The van der Waals surface area contributed by atoms with Crippen LogP contribution >= 0.6 is 0 Å². The fourth-order valence-electron chi connectivity index (χ4n) is 6.41.